The average molecular weight is 401 g/mol. The highest BCUT2D eigenvalue weighted by atomic mass is 28.4. The maximum Gasteiger partial charge on any atom is 0.204 e. The third-order valence-corrected chi connectivity index (χ3v) is 18.5. The summed E-state index contributed by atoms with van der Waals surface area (Å²) in [5.74, 6) is 0. The monoisotopic (exact) mass is 400 g/mol. The van der Waals surface area contributed by atoms with Gasteiger partial charge < -0.3 is 8.85 Å². The van der Waals surface area contributed by atoms with Gasteiger partial charge in [-0.25, -0.2) is 0 Å². The minimum absolute atomic E-state index is 0.210. The van der Waals surface area contributed by atoms with Gasteiger partial charge in [-0.1, -0.05) is 89.2 Å². The van der Waals surface area contributed by atoms with Crippen LogP contribution in [0.2, 0.25) is 33.2 Å². The molecule has 0 saturated heterocycles. The van der Waals surface area contributed by atoms with Crippen LogP contribution in [0.15, 0.2) is 12.2 Å². The Bertz CT molecular complexity index is 348. The Labute approximate surface area is 167 Å². The number of rotatable bonds is 11. The predicted octanol–water partition coefficient (Wildman–Crippen LogP) is 8.27. The summed E-state index contributed by atoms with van der Waals surface area (Å²) in [5, 5.41) is 0. The lowest BCUT2D eigenvalue weighted by Crippen LogP contribution is -2.55. The van der Waals surface area contributed by atoms with Crippen molar-refractivity contribution in [1.82, 2.24) is 0 Å². The van der Waals surface area contributed by atoms with Crippen molar-refractivity contribution in [1.29, 1.82) is 0 Å². The van der Waals surface area contributed by atoms with Crippen LogP contribution in [0.4, 0.5) is 0 Å². The third-order valence-electron chi connectivity index (χ3n) is 6.40. The average Bonchev–Trinajstić information content (AvgIpc) is 2.47. The van der Waals surface area contributed by atoms with Crippen molar-refractivity contribution < 1.29 is 8.85 Å². The Morgan fingerprint density at radius 2 is 0.731 bits per heavy atom. The van der Waals surface area contributed by atoms with E-state index in [1.807, 2.05) is 0 Å². The first kappa shape index (κ1) is 26.1. The lowest BCUT2D eigenvalue weighted by atomic mass is 10.5. The Morgan fingerprint density at radius 3 is 0.885 bits per heavy atom. The molecule has 0 unspecified atom stereocenters. The molecule has 0 aromatic heterocycles. The van der Waals surface area contributed by atoms with Crippen LogP contribution in [0.25, 0.3) is 0 Å². The van der Waals surface area contributed by atoms with Gasteiger partial charge >= 0.3 is 0 Å². The van der Waals surface area contributed by atoms with Crippen molar-refractivity contribution >= 4 is 16.6 Å². The molecule has 0 N–H and O–H groups in total. The first-order chi connectivity index (χ1) is 11.8. The van der Waals surface area contributed by atoms with Crippen LogP contribution in [0.3, 0.4) is 0 Å². The van der Waals surface area contributed by atoms with E-state index in [0.29, 0.717) is 33.2 Å². The van der Waals surface area contributed by atoms with E-state index in [1.54, 1.807) is 0 Å². The molecule has 0 radical (unpaired) electrons. The van der Waals surface area contributed by atoms with Gasteiger partial charge in [-0.05, 0) is 46.2 Å². The van der Waals surface area contributed by atoms with Crippen molar-refractivity contribution in [3.05, 3.63) is 12.2 Å². The first-order valence-corrected chi connectivity index (χ1v) is 15.1. The zero-order chi connectivity index (χ0) is 20.9. The van der Waals surface area contributed by atoms with Gasteiger partial charge in [0.2, 0.25) is 16.6 Å². The maximum absolute atomic E-state index is 7.03. The molecular weight excluding hydrogens is 352 g/mol. The van der Waals surface area contributed by atoms with Gasteiger partial charge in [0.15, 0.2) is 6.29 Å². The van der Waals surface area contributed by atoms with Crippen molar-refractivity contribution in [2.45, 2.75) is 130 Å². The fourth-order valence-corrected chi connectivity index (χ4v) is 16.3. The lowest BCUT2D eigenvalue weighted by Gasteiger charge is -2.48. The first-order valence-electron chi connectivity index (χ1n) is 10.8. The van der Waals surface area contributed by atoms with Crippen LogP contribution in [0, 0.1) is 0 Å². The largest absolute Gasteiger partial charge is 0.389 e. The highest BCUT2D eigenvalue weighted by Crippen LogP contribution is 2.46. The smallest absolute Gasteiger partial charge is 0.204 e. The molecule has 0 atom stereocenters. The molecule has 0 heterocycles. The molecule has 0 aliphatic rings. The standard InChI is InChI=1S/C22H48O2Si2/c1-14-15-22(23-25(16(2)3,17(4)5)18(6)7)24-26(19(8)9,20(10)11)21(12)13/h14-22H,1-13H3. The van der Waals surface area contributed by atoms with Crippen LogP contribution in [-0.2, 0) is 8.85 Å². The highest BCUT2D eigenvalue weighted by Gasteiger charge is 2.50. The van der Waals surface area contributed by atoms with Gasteiger partial charge in [-0.2, -0.15) is 0 Å². The summed E-state index contributed by atoms with van der Waals surface area (Å²) < 4.78 is 14.1. The SMILES string of the molecule is CC=CC(O[Si](C(C)C)(C(C)C)C(C)C)O[Si](C(C)C)(C(C)C)C(C)C. The molecule has 0 bridgehead atoms. The normalized spacial score (nSPS) is 14.6. The lowest BCUT2D eigenvalue weighted by molar-refractivity contribution is 0.0165. The summed E-state index contributed by atoms with van der Waals surface area (Å²) in [6.45, 7) is 30.2. The Morgan fingerprint density at radius 1 is 0.500 bits per heavy atom. The highest BCUT2D eigenvalue weighted by molar-refractivity contribution is 6.78. The summed E-state index contributed by atoms with van der Waals surface area (Å²) in [6.07, 6.45) is 4.05. The number of hydrogen-bond donors (Lipinski definition) is 0. The van der Waals surface area contributed by atoms with E-state index >= 15 is 0 Å². The molecule has 0 aliphatic carbocycles. The van der Waals surface area contributed by atoms with E-state index in [2.05, 4.69) is 102 Å². The molecule has 0 amide bonds. The molecular formula is C22H48O2Si2. The van der Waals surface area contributed by atoms with Crippen LogP contribution >= 0.6 is 0 Å². The van der Waals surface area contributed by atoms with E-state index in [4.69, 9.17) is 8.85 Å². The second kappa shape index (κ2) is 10.6. The van der Waals surface area contributed by atoms with Gasteiger partial charge in [0.05, 0.1) is 0 Å². The van der Waals surface area contributed by atoms with Gasteiger partial charge in [0.25, 0.3) is 0 Å². The Hall–Kier alpha value is 0.0938. The zero-order valence-electron chi connectivity index (χ0n) is 20.0. The minimum atomic E-state index is -1.99. The van der Waals surface area contributed by atoms with Gasteiger partial charge in [-0.3, -0.25) is 0 Å². The molecule has 4 heteroatoms. The van der Waals surface area contributed by atoms with E-state index in [1.165, 1.54) is 0 Å². The van der Waals surface area contributed by atoms with E-state index < -0.39 is 16.6 Å². The van der Waals surface area contributed by atoms with Gasteiger partial charge in [0, 0.05) is 0 Å². The van der Waals surface area contributed by atoms with Crippen molar-refractivity contribution in [3.63, 3.8) is 0 Å². The molecule has 0 spiro atoms. The summed E-state index contributed by atoms with van der Waals surface area (Å²) in [7, 11) is -3.97. The maximum atomic E-state index is 7.03. The number of allylic oxidation sites excluding steroid dienone is 1. The second-order valence-corrected chi connectivity index (χ2v) is 20.6. The van der Waals surface area contributed by atoms with E-state index in [0.717, 1.165) is 0 Å². The summed E-state index contributed by atoms with van der Waals surface area (Å²) in [4.78, 5) is 0. The quantitative estimate of drug-likeness (QED) is 0.197. The van der Waals surface area contributed by atoms with E-state index in [-0.39, 0.29) is 6.29 Å². The minimum Gasteiger partial charge on any atom is -0.389 e. The van der Waals surface area contributed by atoms with Gasteiger partial charge in [0.1, 0.15) is 0 Å². The Balaban J connectivity index is 6.06. The van der Waals surface area contributed by atoms with E-state index in [9.17, 15) is 0 Å². The van der Waals surface area contributed by atoms with Crippen LogP contribution < -0.4 is 0 Å². The second-order valence-electron chi connectivity index (χ2n) is 9.77. The molecule has 0 aromatic carbocycles. The predicted molar refractivity (Wildman–Crippen MR) is 123 cm³/mol. The van der Waals surface area contributed by atoms with Crippen molar-refractivity contribution in [2.24, 2.45) is 0 Å². The fourth-order valence-electron chi connectivity index (χ4n) is 5.48. The molecule has 0 saturated carbocycles. The molecule has 0 rings (SSSR count). The number of hydrogen-bond acceptors (Lipinski definition) is 2. The Kier molecular flexibility index (Phi) is 10.6. The van der Waals surface area contributed by atoms with Gasteiger partial charge in [-0.15, -0.1) is 0 Å². The van der Waals surface area contributed by atoms with Crippen LogP contribution in [0.1, 0.15) is 90.0 Å². The summed E-state index contributed by atoms with van der Waals surface area (Å²) >= 11 is 0. The molecule has 2 nitrogen and oxygen atoms in total. The fraction of sp³-hybridized carbons (Fsp3) is 0.909. The summed E-state index contributed by atoms with van der Waals surface area (Å²) in [5.41, 5.74) is 3.37. The topological polar surface area (TPSA) is 18.5 Å². The molecule has 156 valence electrons. The molecule has 0 aromatic rings. The zero-order valence-corrected chi connectivity index (χ0v) is 22.0. The van der Waals surface area contributed by atoms with Crippen molar-refractivity contribution in [3.8, 4) is 0 Å². The van der Waals surface area contributed by atoms with Crippen LogP contribution in [0.5, 0.6) is 0 Å². The van der Waals surface area contributed by atoms with Crippen molar-refractivity contribution in [2.75, 3.05) is 0 Å². The molecule has 0 fully saturated rings. The third kappa shape index (κ3) is 5.33. The molecule has 0 aliphatic heterocycles. The molecule has 26 heavy (non-hydrogen) atoms. The summed E-state index contributed by atoms with van der Waals surface area (Å²) in [6, 6.07) is 0. The van der Waals surface area contributed by atoms with Crippen LogP contribution in [-0.4, -0.2) is 22.9 Å².